The number of carbonyl (C=O) groups excluding carboxylic acids is 1. The molecule has 2 saturated carbocycles. The van der Waals surface area contributed by atoms with E-state index in [0.717, 1.165) is 38.0 Å². The highest BCUT2D eigenvalue weighted by atomic mass is 19.2. The minimum atomic E-state index is -1.17. The topological polar surface area (TPSA) is 35.5 Å². The van der Waals surface area contributed by atoms with E-state index in [4.69, 9.17) is 9.47 Å². The van der Waals surface area contributed by atoms with Gasteiger partial charge >= 0.3 is 5.97 Å². The third-order valence-corrected chi connectivity index (χ3v) is 7.92. The maximum absolute atomic E-state index is 14.3. The zero-order valence-corrected chi connectivity index (χ0v) is 20.3. The summed E-state index contributed by atoms with van der Waals surface area (Å²) in [4.78, 5) is 12.6. The monoisotopic (exact) mass is 470 g/mol. The summed E-state index contributed by atoms with van der Waals surface area (Å²) < 4.78 is 38.7. The number of aryl methyl sites for hydroxylation is 1. The van der Waals surface area contributed by atoms with Crippen molar-refractivity contribution < 1.29 is 23.0 Å². The molecule has 4 rings (SSSR count). The molecule has 0 amide bonds. The van der Waals surface area contributed by atoms with E-state index in [0.29, 0.717) is 11.8 Å². The van der Waals surface area contributed by atoms with Gasteiger partial charge < -0.3 is 9.47 Å². The number of rotatable bonds is 7. The van der Waals surface area contributed by atoms with Crippen LogP contribution in [-0.2, 0) is 11.2 Å². The van der Waals surface area contributed by atoms with Gasteiger partial charge in [0.25, 0.3) is 0 Å². The number of esters is 1. The summed E-state index contributed by atoms with van der Waals surface area (Å²) in [5, 5.41) is 0. The van der Waals surface area contributed by atoms with Crippen LogP contribution in [0.15, 0.2) is 36.4 Å². The van der Waals surface area contributed by atoms with Gasteiger partial charge in [-0.1, -0.05) is 31.2 Å². The molecule has 2 aromatic rings. The Morgan fingerprint density at radius 2 is 1.35 bits per heavy atom. The molecule has 184 valence electrons. The van der Waals surface area contributed by atoms with Gasteiger partial charge in [0.2, 0.25) is 11.6 Å². The predicted octanol–water partition coefficient (Wildman–Crippen LogP) is 7.61. The molecule has 0 aromatic heterocycles. The summed E-state index contributed by atoms with van der Waals surface area (Å²) in [6.45, 7) is 4.11. The Morgan fingerprint density at radius 1 is 0.794 bits per heavy atom. The van der Waals surface area contributed by atoms with Gasteiger partial charge in [-0.05, 0) is 106 Å². The van der Waals surface area contributed by atoms with E-state index < -0.39 is 17.6 Å². The van der Waals surface area contributed by atoms with Crippen molar-refractivity contribution in [2.45, 2.75) is 77.6 Å². The number of hydrogen-bond donors (Lipinski definition) is 0. The lowest BCUT2D eigenvalue weighted by molar-refractivity contribution is -0.140. The average Bonchev–Trinajstić information content (AvgIpc) is 2.89. The number of benzene rings is 2. The number of hydrogen-bond acceptors (Lipinski definition) is 3. The Morgan fingerprint density at radius 3 is 1.94 bits per heavy atom. The van der Waals surface area contributed by atoms with E-state index in [1.165, 1.54) is 48.9 Å². The molecule has 0 atom stereocenters. The van der Waals surface area contributed by atoms with Crippen molar-refractivity contribution in [3.8, 4) is 11.5 Å². The fourth-order valence-corrected chi connectivity index (χ4v) is 5.83. The van der Waals surface area contributed by atoms with Crippen LogP contribution in [0, 0.1) is 29.4 Å². The maximum atomic E-state index is 14.3. The standard InChI is InChI=1S/C29H36F2O3/c1-3-19-5-7-20(8-6-19)21-9-11-22(12-10-21)23-13-15-24(16-14-23)29(32)34-26-18-17-25(33-4-2)27(30)28(26)31/h5-8,17-18,21-24H,3-4,9-16H2,1-2H3. The molecule has 2 aromatic carbocycles. The zero-order valence-electron chi connectivity index (χ0n) is 20.3. The molecule has 0 N–H and O–H groups in total. The smallest absolute Gasteiger partial charge is 0.314 e. The Labute approximate surface area is 201 Å². The highest BCUT2D eigenvalue weighted by Crippen LogP contribution is 2.44. The van der Waals surface area contributed by atoms with Gasteiger partial charge in [0, 0.05) is 0 Å². The Bertz CT molecular complexity index is 956. The van der Waals surface area contributed by atoms with E-state index in [1.54, 1.807) is 6.92 Å². The SMILES string of the molecule is CCOc1ccc(OC(=O)C2CCC(C3CCC(c4ccc(CC)cc4)CC3)CC2)c(F)c1F. The third kappa shape index (κ3) is 5.61. The van der Waals surface area contributed by atoms with Crippen LogP contribution in [0.3, 0.4) is 0 Å². The van der Waals surface area contributed by atoms with Gasteiger partial charge in [0.05, 0.1) is 12.5 Å². The van der Waals surface area contributed by atoms with Crippen molar-refractivity contribution in [3.63, 3.8) is 0 Å². The normalized spacial score (nSPS) is 25.1. The number of ether oxygens (including phenoxy) is 2. The predicted molar refractivity (Wildman–Crippen MR) is 129 cm³/mol. The summed E-state index contributed by atoms with van der Waals surface area (Å²) in [5.41, 5.74) is 2.86. The molecule has 2 aliphatic rings. The molecule has 2 fully saturated rings. The minimum Gasteiger partial charge on any atom is -0.491 e. The molecule has 2 aliphatic carbocycles. The quantitative estimate of drug-likeness (QED) is 0.309. The first-order valence-electron chi connectivity index (χ1n) is 12.9. The molecule has 3 nitrogen and oxygen atoms in total. The summed E-state index contributed by atoms with van der Waals surface area (Å²) >= 11 is 0. The van der Waals surface area contributed by atoms with Crippen LogP contribution in [0.1, 0.15) is 82.3 Å². The Kier molecular flexibility index (Phi) is 8.23. The van der Waals surface area contributed by atoms with Gasteiger partial charge in [0.1, 0.15) is 0 Å². The summed E-state index contributed by atoms with van der Waals surface area (Å²) in [6, 6.07) is 11.7. The molecule has 0 heterocycles. The lowest BCUT2D eigenvalue weighted by Crippen LogP contribution is -2.30. The molecule has 0 bridgehead atoms. The van der Waals surface area contributed by atoms with Crippen molar-refractivity contribution in [3.05, 3.63) is 59.2 Å². The molecule has 34 heavy (non-hydrogen) atoms. The molecule has 0 radical (unpaired) electrons. The van der Waals surface area contributed by atoms with Crippen LogP contribution in [0.25, 0.3) is 0 Å². The second-order valence-corrected chi connectivity index (χ2v) is 9.86. The van der Waals surface area contributed by atoms with E-state index in [-0.39, 0.29) is 24.0 Å². The third-order valence-electron chi connectivity index (χ3n) is 7.92. The van der Waals surface area contributed by atoms with Crippen LogP contribution >= 0.6 is 0 Å². The zero-order chi connectivity index (χ0) is 24.1. The fraction of sp³-hybridized carbons (Fsp3) is 0.552. The van der Waals surface area contributed by atoms with Crippen molar-refractivity contribution in [2.24, 2.45) is 17.8 Å². The minimum absolute atomic E-state index is 0.173. The van der Waals surface area contributed by atoms with Crippen molar-refractivity contribution in [2.75, 3.05) is 6.61 Å². The van der Waals surface area contributed by atoms with Crippen LogP contribution < -0.4 is 9.47 Å². The van der Waals surface area contributed by atoms with Gasteiger partial charge in [-0.3, -0.25) is 4.79 Å². The second kappa shape index (κ2) is 11.3. The molecular weight excluding hydrogens is 434 g/mol. The van der Waals surface area contributed by atoms with Gasteiger partial charge in [-0.25, -0.2) is 0 Å². The fourth-order valence-electron chi connectivity index (χ4n) is 5.83. The second-order valence-electron chi connectivity index (χ2n) is 9.86. The summed E-state index contributed by atoms with van der Waals surface area (Å²) in [5.74, 6) is -1.50. The van der Waals surface area contributed by atoms with Crippen LogP contribution in [0.2, 0.25) is 0 Å². The van der Waals surface area contributed by atoms with Gasteiger partial charge in [-0.15, -0.1) is 0 Å². The van der Waals surface area contributed by atoms with E-state index in [1.807, 2.05) is 0 Å². The lowest BCUT2D eigenvalue weighted by atomic mass is 9.68. The number of carbonyl (C=O) groups is 1. The maximum Gasteiger partial charge on any atom is 0.314 e. The lowest BCUT2D eigenvalue weighted by Gasteiger charge is -2.37. The summed E-state index contributed by atoms with van der Waals surface area (Å²) in [6.07, 6.45) is 9.55. The van der Waals surface area contributed by atoms with Crippen LogP contribution in [0.5, 0.6) is 11.5 Å². The van der Waals surface area contributed by atoms with Gasteiger partial charge in [0.15, 0.2) is 11.5 Å². The molecule has 0 aliphatic heterocycles. The Balaban J connectivity index is 1.25. The molecule has 0 saturated heterocycles. The Hall–Kier alpha value is -2.43. The first kappa shape index (κ1) is 24.7. The highest BCUT2D eigenvalue weighted by molar-refractivity contribution is 5.75. The average molecular weight is 471 g/mol. The van der Waals surface area contributed by atoms with Gasteiger partial charge in [-0.2, -0.15) is 8.78 Å². The van der Waals surface area contributed by atoms with Crippen LogP contribution in [-0.4, -0.2) is 12.6 Å². The molecular formula is C29H36F2O3. The largest absolute Gasteiger partial charge is 0.491 e. The van der Waals surface area contributed by atoms with Crippen molar-refractivity contribution in [1.82, 2.24) is 0 Å². The van der Waals surface area contributed by atoms with Crippen molar-refractivity contribution in [1.29, 1.82) is 0 Å². The molecule has 5 heteroatoms. The van der Waals surface area contributed by atoms with Crippen molar-refractivity contribution >= 4 is 5.97 Å². The molecule has 0 unspecified atom stereocenters. The van der Waals surface area contributed by atoms with E-state index >= 15 is 0 Å². The van der Waals surface area contributed by atoms with E-state index in [9.17, 15) is 13.6 Å². The molecule has 0 spiro atoms. The first-order chi connectivity index (χ1) is 16.5. The number of halogens is 2. The van der Waals surface area contributed by atoms with E-state index in [2.05, 4.69) is 31.2 Å². The summed E-state index contributed by atoms with van der Waals surface area (Å²) in [7, 11) is 0. The van der Waals surface area contributed by atoms with Crippen LogP contribution in [0.4, 0.5) is 8.78 Å². The first-order valence-corrected chi connectivity index (χ1v) is 12.9. The highest BCUT2D eigenvalue weighted by Gasteiger charge is 2.34.